The summed E-state index contributed by atoms with van der Waals surface area (Å²) in [6, 6.07) is 7.57. The minimum atomic E-state index is -0.475. The molecule has 0 aliphatic rings. The van der Waals surface area contributed by atoms with Crippen LogP contribution in [0.1, 0.15) is 21.5 Å². The van der Waals surface area contributed by atoms with Crippen LogP contribution in [-0.4, -0.2) is 18.1 Å². The van der Waals surface area contributed by atoms with Crippen molar-refractivity contribution in [2.45, 2.75) is 13.8 Å². The van der Waals surface area contributed by atoms with Gasteiger partial charge in [0, 0.05) is 5.69 Å². The van der Waals surface area contributed by atoms with E-state index < -0.39 is 5.97 Å². The topological polar surface area (TPSA) is 77.2 Å². The lowest BCUT2D eigenvalue weighted by Crippen LogP contribution is -2.08. The fourth-order valence-electron chi connectivity index (χ4n) is 2.03. The second-order valence-corrected chi connectivity index (χ2v) is 4.66. The second kappa shape index (κ2) is 5.61. The lowest BCUT2D eigenvalue weighted by molar-refractivity contribution is 0.0601. The molecule has 0 radical (unpaired) electrons. The zero-order valence-electron chi connectivity index (χ0n) is 11.7. The molecule has 0 spiro atoms. The second-order valence-electron chi connectivity index (χ2n) is 4.66. The molecule has 2 rings (SSSR count). The number of aryl methyl sites for hydroxylation is 2. The van der Waals surface area contributed by atoms with Gasteiger partial charge in [0.05, 0.1) is 19.0 Å². The average molecular weight is 271 g/mol. The molecule has 3 N–H and O–H groups in total. The van der Waals surface area contributed by atoms with Crippen LogP contribution in [0, 0.1) is 13.8 Å². The van der Waals surface area contributed by atoms with E-state index in [1.165, 1.54) is 13.3 Å². The Hall–Kier alpha value is -2.56. The minimum absolute atomic E-state index is 0.312. The molecule has 0 amide bonds. The molecule has 5 nitrogen and oxygen atoms in total. The Kier molecular flexibility index (Phi) is 3.89. The number of esters is 1. The van der Waals surface area contributed by atoms with E-state index in [9.17, 15) is 4.79 Å². The van der Waals surface area contributed by atoms with Gasteiger partial charge < -0.3 is 15.8 Å². The quantitative estimate of drug-likeness (QED) is 0.839. The Morgan fingerprint density at radius 1 is 1.20 bits per heavy atom. The fraction of sp³-hybridized carbons (Fsp3) is 0.200. The summed E-state index contributed by atoms with van der Waals surface area (Å²) in [4.78, 5) is 15.9. The number of nitrogens with one attached hydrogen (secondary N) is 1. The van der Waals surface area contributed by atoms with Crippen LogP contribution in [0.15, 0.2) is 30.5 Å². The summed E-state index contributed by atoms with van der Waals surface area (Å²) in [5, 5.41) is 3.13. The van der Waals surface area contributed by atoms with Crippen molar-refractivity contribution in [3.05, 3.63) is 47.2 Å². The number of benzene rings is 1. The van der Waals surface area contributed by atoms with E-state index in [0.29, 0.717) is 17.1 Å². The van der Waals surface area contributed by atoms with Gasteiger partial charge >= 0.3 is 5.97 Å². The molecule has 5 heteroatoms. The molecular weight excluding hydrogens is 254 g/mol. The predicted molar refractivity (Wildman–Crippen MR) is 79.2 cm³/mol. The van der Waals surface area contributed by atoms with Gasteiger partial charge in [-0.2, -0.15) is 0 Å². The molecule has 1 aromatic carbocycles. The van der Waals surface area contributed by atoms with Gasteiger partial charge in [-0.1, -0.05) is 6.07 Å². The van der Waals surface area contributed by atoms with Crippen LogP contribution in [0.25, 0.3) is 0 Å². The predicted octanol–water partition coefficient (Wildman–Crippen LogP) is 2.81. The van der Waals surface area contributed by atoms with Gasteiger partial charge in [0.1, 0.15) is 11.4 Å². The number of aromatic nitrogens is 1. The molecule has 0 unspecified atom stereocenters. The summed E-state index contributed by atoms with van der Waals surface area (Å²) < 4.78 is 4.74. The molecule has 0 saturated heterocycles. The first-order chi connectivity index (χ1) is 9.49. The Morgan fingerprint density at radius 3 is 2.45 bits per heavy atom. The van der Waals surface area contributed by atoms with Crippen molar-refractivity contribution in [3.8, 4) is 0 Å². The number of pyridine rings is 1. The Morgan fingerprint density at radius 2 is 1.85 bits per heavy atom. The van der Waals surface area contributed by atoms with E-state index >= 15 is 0 Å². The standard InChI is InChI=1S/C15H17N3O2/c1-9-4-10(2)6-12(5-9)18-14-13(15(19)20-3)7-11(16)8-17-14/h4-8H,16H2,1-3H3,(H,17,18). The van der Waals surface area contributed by atoms with E-state index in [0.717, 1.165) is 16.8 Å². The van der Waals surface area contributed by atoms with Crippen molar-refractivity contribution in [2.75, 3.05) is 18.2 Å². The maximum absolute atomic E-state index is 11.8. The molecule has 2 aromatic rings. The summed E-state index contributed by atoms with van der Waals surface area (Å²) in [6.07, 6.45) is 1.50. The van der Waals surface area contributed by atoms with Crippen LogP contribution in [0.4, 0.5) is 17.2 Å². The monoisotopic (exact) mass is 271 g/mol. The molecule has 0 atom stereocenters. The molecular formula is C15H17N3O2. The smallest absolute Gasteiger partial charge is 0.341 e. The lowest BCUT2D eigenvalue weighted by atomic mass is 10.1. The first-order valence-electron chi connectivity index (χ1n) is 6.19. The maximum Gasteiger partial charge on any atom is 0.341 e. The molecule has 104 valence electrons. The lowest BCUT2D eigenvalue weighted by Gasteiger charge is -2.11. The van der Waals surface area contributed by atoms with Gasteiger partial charge in [0.15, 0.2) is 0 Å². The number of anilines is 3. The van der Waals surface area contributed by atoms with Crippen LogP contribution in [0.3, 0.4) is 0 Å². The summed E-state index contributed by atoms with van der Waals surface area (Å²) in [7, 11) is 1.33. The third-order valence-corrected chi connectivity index (χ3v) is 2.80. The normalized spacial score (nSPS) is 10.2. The number of nitrogen functional groups attached to an aromatic ring is 1. The minimum Gasteiger partial charge on any atom is -0.465 e. The van der Waals surface area contributed by atoms with Crippen LogP contribution in [0.5, 0.6) is 0 Å². The third kappa shape index (κ3) is 3.06. The third-order valence-electron chi connectivity index (χ3n) is 2.80. The first kappa shape index (κ1) is 13.9. The van der Waals surface area contributed by atoms with Crippen LogP contribution < -0.4 is 11.1 Å². The first-order valence-corrected chi connectivity index (χ1v) is 6.19. The number of hydrogen-bond acceptors (Lipinski definition) is 5. The van der Waals surface area contributed by atoms with Crippen LogP contribution in [-0.2, 0) is 4.74 Å². The number of methoxy groups -OCH3 is 1. The van der Waals surface area contributed by atoms with Gasteiger partial charge in [-0.25, -0.2) is 9.78 Å². The van der Waals surface area contributed by atoms with E-state index in [4.69, 9.17) is 10.5 Å². The van der Waals surface area contributed by atoms with Crippen molar-refractivity contribution in [1.29, 1.82) is 0 Å². The number of ether oxygens (including phenoxy) is 1. The van der Waals surface area contributed by atoms with Crippen molar-refractivity contribution < 1.29 is 9.53 Å². The van der Waals surface area contributed by atoms with Gasteiger partial charge in [-0.15, -0.1) is 0 Å². The molecule has 0 aliphatic heterocycles. The number of nitrogens with zero attached hydrogens (tertiary/aromatic N) is 1. The van der Waals surface area contributed by atoms with Crippen molar-refractivity contribution in [3.63, 3.8) is 0 Å². The summed E-state index contributed by atoms with van der Waals surface area (Å²) in [6.45, 7) is 4.02. The molecule has 0 saturated carbocycles. The highest BCUT2D eigenvalue weighted by molar-refractivity contribution is 5.96. The molecule has 0 bridgehead atoms. The average Bonchev–Trinajstić information content (AvgIpc) is 2.38. The number of hydrogen-bond donors (Lipinski definition) is 2. The number of rotatable bonds is 3. The summed E-state index contributed by atoms with van der Waals surface area (Å²) in [5.74, 6) is -0.0484. The van der Waals surface area contributed by atoms with Gasteiger partial charge in [0.25, 0.3) is 0 Å². The van der Waals surface area contributed by atoms with Crippen LogP contribution in [0.2, 0.25) is 0 Å². The SMILES string of the molecule is COC(=O)c1cc(N)cnc1Nc1cc(C)cc(C)c1. The van der Waals surface area contributed by atoms with Crippen molar-refractivity contribution in [2.24, 2.45) is 0 Å². The fourth-order valence-corrected chi connectivity index (χ4v) is 2.03. The molecule has 0 fully saturated rings. The van der Waals surface area contributed by atoms with E-state index in [2.05, 4.69) is 16.4 Å². The van der Waals surface area contributed by atoms with Crippen LogP contribution >= 0.6 is 0 Å². The highest BCUT2D eigenvalue weighted by atomic mass is 16.5. The number of carbonyl (C=O) groups is 1. The van der Waals surface area contributed by atoms with Crippen molar-refractivity contribution >= 4 is 23.2 Å². The molecule has 20 heavy (non-hydrogen) atoms. The molecule has 0 aliphatic carbocycles. The Balaban J connectivity index is 2.40. The maximum atomic E-state index is 11.8. The van der Waals surface area contributed by atoms with Gasteiger partial charge in [-0.05, 0) is 43.2 Å². The highest BCUT2D eigenvalue weighted by Gasteiger charge is 2.14. The molecule has 1 heterocycles. The molecule has 1 aromatic heterocycles. The van der Waals surface area contributed by atoms with E-state index in [-0.39, 0.29) is 0 Å². The van der Waals surface area contributed by atoms with Gasteiger partial charge in [0.2, 0.25) is 0 Å². The zero-order chi connectivity index (χ0) is 14.7. The van der Waals surface area contributed by atoms with Crippen molar-refractivity contribution in [1.82, 2.24) is 4.98 Å². The number of nitrogens with two attached hydrogens (primary N) is 1. The van der Waals surface area contributed by atoms with Gasteiger partial charge in [-0.3, -0.25) is 0 Å². The largest absolute Gasteiger partial charge is 0.465 e. The van der Waals surface area contributed by atoms with E-state index in [1.54, 1.807) is 6.07 Å². The Labute approximate surface area is 117 Å². The van der Waals surface area contributed by atoms with E-state index in [1.807, 2.05) is 26.0 Å². The summed E-state index contributed by atoms with van der Waals surface area (Å²) >= 11 is 0. The summed E-state index contributed by atoms with van der Waals surface area (Å²) in [5.41, 5.74) is 9.51. The highest BCUT2D eigenvalue weighted by Crippen LogP contribution is 2.23. The number of carbonyl (C=O) groups excluding carboxylic acids is 1. The Bertz CT molecular complexity index is 633. The zero-order valence-corrected chi connectivity index (χ0v) is 11.7.